The maximum absolute atomic E-state index is 3.21. The van der Waals surface area contributed by atoms with Crippen LogP contribution in [-0.4, -0.2) is 7.05 Å². The summed E-state index contributed by atoms with van der Waals surface area (Å²) in [5, 5.41) is 3.21. The first-order valence-electron chi connectivity index (χ1n) is 3.97. The molecule has 1 aliphatic carbocycles. The van der Waals surface area contributed by atoms with Gasteiger partial charge in [-0.15, -0.1) is 0 Å². The van der Waals surface area contributed by atoms with Crippen LogP contribution in [0.5, 0.6) is 0 Å². The molecule has 0 bridgehead atoms. The van der Waals surface area contributed by atoms with Crippen molar-refractivity contribution in [2.45, 2.75) is 20.3 Å². The third-order valence-electron chi connectivity index (χ3n) is 2.15. The molecule has 0 unspecified atom stereocenters. The van der Waals surface area contributed by atoms with E-state index in [0.717, 1.165) is 6.42 Å². The zero-order valence-electron chi connectivity index (χ0n) is 7.44. The third kappa shape index (κ3) is 1.73. The molecule has 1 heteroatoms. The monoisotopic (exact) mass is 149 g/mol. The van der Waals surface area contributed by atoms with Crippen LogP contribution in [0, 0.1) is 0 Å². The van der Waals surface area contributed by atoms with E-state index in [9.17, 15) is 0 Å². The molecule has 11 heavy (non-hydrogen) atoms. The van der Waals surface area contributed by atoms with Gasteiger partial charge in [-0.2, -0.15) is 0 Å². The SMILES string of the molecule is CNC1=C(C)C(C)=CC=CC1. The summed E-state index contributed by atoms with van der Waals surface area (Å²) in [6.45, 7) is 4.30. The van der Waals surface area contributed by atoms with Crippen LogP contribution >= 0.6 is 0 Å². The smallest absolute Gasteiger partial charge is 0.0175 e. The van der Waals surface area contributed by atoms with Crippen LogP contribution in [-0.2, 0) is 0 Å². The number of rotatable bonds is 1. The number of allylic oxidation sites excluding steroid dienone is 5. The van der Waals surface area contributed by atoms with Crippen molar-refractivity contribution in [3.8, 4) is 0 Å². The first-order valence-corrected chi connectivity index (χ1v) is 3.97. The Hall–Kier alpha value is -0.980. The average Bonchev–Trinajstić information content (AvgIpc) is 2.16. The Morgan fingerprint density at radius 3 is 2.73 bits per heavy atom. The molecule has 0 aromatic rings. The Bertz CT molecular complexity index is 231. The molecule has 1 nitrogen and oxygen atoms in total. The summed E-state index contributed by atoms with van der Waals surface area (Å²) in [5.74, 6) is 0. The minimum Gasteiger partial charge on any atom is -0.391 e. The van der Waals surface area contributed by atoms with E-state index in [0.29, 0.717) is 0 Å². The van der Waals surface area contributed by atoms with Gasteiger partial charge in [-0.1, -0.05) is 18.2 Å². The van der Waals surface area contributed by atoms with E-state index in [2.05, 4.69) is 37.4 Å². The highest BCUT2D eigenvalue weighted by atomic mass is 14.8. The molecular formula is C10H15N. The lowest BCUT2D eigenvalue weighted by Gasteiger charge is -2.08. The van der Waals surface area contributed by atoms with Gasteiger partial charge < -0.3 is 5.32 Å². The van der Waals surface area contributed by atoms with Gasteiger partial charge >= 0.3 is 0 Å². The van der Waals surface area contributed by atoms with Crippen LogP contribution in [0.2, 0.25) is 0 Å². The second kappa shape index (κ2) is 3.42. The molecule has 0 saturated heterocycles. The summed E-state index contributed by atoms with van der Waals surface area (Å²) in [5.41, 5.74) is 4.05. The van der Waals surface area contributed by atoms with Gasteiger partial charge in [0.15, 0.2) is 0 Å². The Morgan fingerprint density at radius 1 is 1.36 bits per heavy atom. The lowest BCUT2D eigenvalue weighted by Crippen LogP contribution is -2.07. The van der Waals surface area contributed by atoms with E-state index in [1.807, 2.05) is 7.05 Å². The highest BCUT2D eigenvalue weighted by Crippen LogP contribution is 2.17. The van der Waals surface area contributed by atoms with Gasteiger partial charge in [0.1, 0.15) is 0 Å². The van der Waals surface area contributed by atoms with E-state index in [1.54, 1.807) is 0 Å². The summed E-state index contributed by atoms with van der Waals surface area (Å²) in [6, 6.07) is 0. The molecule has 0 aromatic heterocycles. The van der Waals surface area contributed by atoms with E-state index < -0.39 is 0 Å². The standard InChI is InChI=1S/C10H15N/c1-8-6-4-5-7-10(11-3)9(8)2/h4-6,11H,7H2,1-3H3. The average molecular weight is 149 g/mol. The fourth-order valence-corrected chi connectivity index (χ4v) is 1.20. The van der Waals surface area contributed by atoms with Crippen LogP contribution in [0.4, 0.5) is 0 Å². The highest BCUT2D eigenvalue weighted by molar-refractivity contribution is 5.37. The van der Waals surface area contributed by atoms with Gasteiger partial charge in [0.2, 0.25) is 0 Å². The molecular weight excluding hydrogens is 134 g/mol. The predicted octanol–water partition coefficient (Wildman–Crippen LogP) is 2.39. The molecule has 0 heterocycles. The fraction of sp³-hybridized carbons (Fsp3) is 0.400. The zero-order valence-corrected chi connectivity index (χ0v) is 7.44. The van der Waals surface area contributed by atoms with Crippen molar-refractivity contribution >= 4 is 0 Å². The van der Waals surface area contributed by atoms with Crippen LogP contribution in [0.15, 0.2) is 35.1 Å². The molecule has 1 aliphatic rings. The molecule has 0 aromatic carbocycles. The van der Waals surface area contributed by atoms with Crippen molar-refractivity contribution in [1.82, 2.24) is 5.32 Å². The Morgan fingerprint density at radius 2 is 2.09 bits per heavy atom. The van der Waals surface area contributed by atoms with Crippen molar-refractivity contribution < 1.29 is 0 Å². The minimum atomic E-state index is 1.02. The molecule has 0 spiro atoms. The molecule has 1 N–H and O–H groups in total. The second-order valence-electron chi connectivity index (χ2n) is 2.84. The lowest BCUT2D eigenvalue weighted by molar-refractivity contribution is 0.916. The molecule has 0 saturated carbocycles. The van der Waals surface area contributed by atoms with Crippen LogP contribution < -0.4 is 5.32 Å². The van der Waals surface area contributed by atoms with Gasteiger partial charge in [-0.05, 0) is 25.0 Å². The van der Waals surface area contributed by atoms with Crippen molar-refractivity contribution in [3.63, 3.8) is 0 Å². The van der Waals surface area contributed by atoms with Crippen molar-refractivity contribution in [3.05, 3.63) is 35.1 Å². The van der Waals surface area contributed by atoms with E-state index in [-0.39, 0.29) is 0 Å². The number of hydrogen-bond acceptors (Lipinski definition) is 1. The summed E-state index contributed by atoms with van der Waals surface area (Å²) < 4.78 is 0. The third-order valence-corrected chi connectivity index (χ3v) is 2.15. The molecule has 0 aliphatic heterocycles. The Labute approximate surface area is 68.5 Å². The van der Waals surface area contributed by atoms with E-state index in [4.69, 9.17) is 0 Å². The summed E-state index contributed by atoms with van der Waals surface area (Å²) in [4.78, 5) is 0. The second-order valence-corrected chi connectivity index (χ2v) is 2.84. The van der Waals surface area contributed by atoms with Crippen molar-refractivity contribution in [1.29, 1.82) is 0 Å². The van der Waals surface area contributed by atoms with E-state index >= 15 is 0 Å². The molecule has 0 atom stereocenters. The number of nitrogens with one attached hydrogen (secondary N) is 1. The fourth-order valence-electron chi connectivity index (χ4n) is 1.20. The largest absolute Gasteiger partial charge is 0.391 e. The molecule has 0 amide bonds. The number of hydrogen-bond donors (Lipinski definition) is 1. The normalized spacial score (nSPS) is 17.9. The van der Waals surface area contributed by atoms with Crippen LogP contribution in [0.25, 0.3) is 0 Å². The topological polar surface area (TPSA) is 12.0 Å². The summed E-state index contributed by atoms with van der Waals surface area (Å²) >= 11 is 0. The lowest BCUT2D eigenvalue weighted by atomic mass is 10.1. The maximum atomic E-state index is 3.21. The first-order chi connectivity index (χ1) is 5.25. The predicted molar refractivity (Wildman–Crippen MR) is 49.3 cm³/mol. The molecule has 0 radical (unpaired) electrons. The summed E-state index contributed by atoms with van der Waals surface area (Å²) in [6.07, 6.45) is 7.46. The highest BCUT2D eigenvalue weighted by Gasteiger charge is 2.02. The van der Waals surface area contributed by atoms with Crippen molar-refractivity contribution in [2.24, 2.45) is 0 Å². The van der Waals surface area contributed by atoms with Gasteiger partial charge in [0.05, 0.1) is 0 Å². The minimum absolute atomic E-state index is 1.02. The molecule has 60 valence electrons. The van der Waals surface area contributed by atoms with Gasteiger partial charge in [-0.25, -0.2) is 0 Å². The quantitative estimate of drug-likeness (QED) is 0.603. The molecule has 0 fully saturated rings. The zero-order chi connectivity index (χ0) is 8.27. The van der Waals surface area contributed by atoms with Crippen LogP contribution in [0.1, 0.15) is 20.3 Å². The maximum Gasteiger partial charge on any atom is 0.0175 e. The van der Waals surface area contributed by atoms with Gasteiger partial charge in [-0.3, -0.25) is 0 Å². The van der Waals surface area contributed by atoms with Crippen molar-refractivity contribution in [2.75, 3.05) is 7.05 Å². The van der Waals surface area contributed by atoms with Gasteiger partial charge in [0.25, 0.3) is 0 Å². The Balaban J connectivity index is 2.97. The van der Waals surface area contributed by atoms with Crippen LogP contribution in [0.3, 0.4) is 0 Å². The molecule has 1 rings (SSSR count). The van der Waals surface area contributed by atoms with Gasteiger partial charge in [0, 0.05) is 19.2 Å². The van der Waals surface area contributed by atoms with E-state index in [1.165, 1.54) is 16.8 Å². The first kappa shape index (κ1) is 8.12. The summed E-state index contributed by atoms with van der Waals surface area (Å²) in [7, 11) is 1.98. The Kier molecular flexibility index (Phi) is 2.53.